The Kier molecular flexibility index (Phi) is 6.34. The van der Waals surface area contributed by atoms with Crippen molar-refractivity contribution in [3.8, 4) is 0 Å². The van der Waals surface area contributed by atoms with Gasteiger partial charge in [0.1, 0.15) is 0 Å². The molecule has 3 fully saturated rings. The second kappa shape index (κ2) is 8.50. The van der Waals surface area contributed by atoms with E-state index in [0.29, 0.717) is 17.8 Å². The lowest BCUT2D eigenvalue weighted by atomic mass is 9.86. The molecule has 0 saturated heterocycles. The molecule has 0 amide bonds. The second-order valence-electron chi connectivity index (χ2n) is 8.25. The number of fused-ring (bicyclic) bond motifs is 1. The molecule has 3 saturated carbocycles. The maximum atomic E-state index is 11.6. The Labute approximate surface area is 150 Å². The topological polar surface area (TPSA) is 77.8 Å². The zero-order chi connectivity index (χ0) is 17.8. The summed E-state index contributed by atoms with van der Waals surface area (Å²) in [5.41, 5.74) is 1.44. The molecule has 3 rings (SSSR count). The van der Waals surface area contributed by atoms with Crippen LogP contribution in [0.2, 0.25) is 0 Å². The van der Waals surface area contributed by atoms with E-state index < -0.39 is 5.97 Å². The molecule has 0 heterocycles. The predicted molar refractivity (Wildman–Crippen MR) is 97.0 cm³/mol. The number of aliphatic hydroxyl groups excluding tert-OH is 2. The molecule has 0 aromatic heterocycles. The van der Waals surface area contributed by atoms with Crippen molar-refractivity contribution in [1.29, 1.82) is 0 Å². The van der Waals surface area contributed by atoms with E-state index in [1.54, 1.807) is 6.08 Å². The third kappa shape index (κ3) is 4.35. The number of aliphatic hydroxyl groups is 2. The van der Waals surface area contributed by atoms with Crippen LogP contribution in [0.4, 0.5) is 0 Å². The van der Waals surface area contributed by atoms with Crippen LogP contribution < -0.4 is 0 Å². The fraction of sp³-hybridized carbons (Fsp3) is 0.762. The van der Waals surface area contributed by atoms with Crippen molar-refractivity contribution in [3.63, 3.8) is 0 Å². The third-order valence-corrected chi connectivity index (χ3v) is 6.77. The van der Waals surface area contributed by atoms with E-state index >= 15 is 0 Å². The third-order valence-electron chi connectivity index (χ3n) is 6.77. The van der Waals surface area contributed by atoms with Crippen molar-refractivity contribution in [3.05, 3.63) is 23.8 Å². The van der Waals surface area contributed by atoms with Crippen LogP contribution in [-0.4, -0.2) is 34.0 Å². The molecule has 4 nitrogen and oxygen atoms in total. The van der Waals surface area contributed by atoms with Crippen molar-refractivity contribution >= 4 is 5.97 Å². The molecule has 140 valence electrons. The second-order valence-corrected chi connectivity index (χ2v) is 8.25. The molecule has 0 aromatic rings. The highest BCUT2D eigenvalue weighted by atomic mass is 16.4. The van der Waals surface area contributed by atoms with Crippen LogP contribution in [0, 0.1) is 29.6 Å². The molecule has 0 bridgehead atoms. The lowest BCUT2D eigenvalue weighted by molar-refractivity contribution is -0.143. The predicted octanol–water partition coefficient (Wildman–Crippen LogP) is 3.54. The van der Waals surface area contributed by atoms with Gasteiger partial charge in [-0.05, 0) is 62.7 Å². The van der Waals surface area contributed by atoms with E-state index in [-0.39, 0.29) is 24.5 Å². The molecule has 25 heavy (non-hydrogen) atoms. The van der Waals surface area contributed by atoms with Gasteiger partial charge in [-0.3, -0.25) is 4.79 Å². The van der Waals surface area contributed by atoms with Gasteiger partial charge >= 0.3 is 5.97 Å². The molecule has 3 aliphatic rings. The summed E-state index contributed by atoms with van der Waals surface area (Å²) in [6, 6.07) is 0. The highest BCUT2D eigenvalue weighted by molar-refractivity contribution is 5.70. The lowest BCUT2D eigenvalue weighted by Crippen LogP contribution is -2.21. The summed E-state index contributed by atoms with van der Waals surface area (Å²) in [7, 11) is 0. The van der Waals surface area contributed by atoms with E-state index in [1.807, 2.05) is 6.08 Å². The summed E-state index contributed by atoms with van der Waals surface area (Å²) in [5.74, 6) is 0.761. The first-order valence-corrected chi connectivity index (χ1v) is 9.96. The molecular weight excluding hydrogens is 316 g/mol. The summed E-state index contributed by atoms with van der Waals surface area (Å²) in [5, 5.41) is 28.7. The van der Waals surface area contributed by atoms with Crippen molar-refractivity contribution in [2.75, 3.05) is 6.61 Å². The van der Waals surface area contributed by atoms with Crippen LogP contribution in [0.1, 0.15) is 57.8 Å². The number of hydrogen-bond donors (Lipinski definition) is 3. The number of carboxylic acid groups (broad SMARTS) is 1. The average Bonchev–Trinajstić information content (AvgIpc) is 3.26. The van der Waals surface area contributed by atoms with Gasteiger partial charge in [0.25, 0.3) is 0 Å². The van der Waals surface area contributed by atoms with E-state index in [2.05, 4.69) is 6.08 Å². The number of carboxylic acids is 1. The minimum atomic E-state index is -0.620. The van der Waals surface area contributed by atoms with Gasteiger partial charge in [-0.2, -0.15) is 0 Å². The maximum absolute atomic E-state index is 11.6. The number of hydrogen-bond acceptors (Lipinski definition) is 3. The van der Waals surface area contributed by atoms with Crippen LogP contribution in [-0.2, 0) is 4.79 Å². The van der Waals surface area contributed by atoms with Crippen LogP contribution >= 0.6 is 0 Å². The van der Waals surface area contributed by atoms with Crippen molar-refractivity contribution in [2.45, 2.75) is 63.9 Å². The first-order valence-electron chi connectivity index (χ1n) is 9.96. The fourth-order valence-corrected chi connectivity index (χ4v) is 5.55. The number of rotatable bonds is 7. The summed E-state index contributed by atoms with van der Waals surface area (Å²) >= 11 is 0. The van der Waals surface area contributed by atoms with Crippen molar-refractivity contribution < 1.29 is 20.1 Å². The Morgan fingerprint density at radius 3 is 2.68 bits per heavy atom. The SMILES string of the molecule is O=C(O)C(CCC=C1C[C@@H]2C[C@@H](O)[C@H](C=CCO)[C@H]2C1)C1CCCC1. The molecule has 1 unspecified atom stereocenters. The Balaban J connectivity index is 1.53. The smallest absolute Gasteiger partial charge is 0.306 e. The van der Waals surface area contributed by atoms with Crippen LogP contribution in [0.3, 0.4) is 0 Å². The van der Waals surface area contributed by atoms with Crippen LogP contribution in [0.5, 0.6) is 0 Å². The molecule has 0 aliphatic heterocycles. The zero-order valence-corrected chi connectivity index (χ0v) is 15.0. The van der Waals surface area contributed by atoms with E-state index in [0.717, 1.165) is 44.9 Å². The molecule has 0 radical (unpaired) electrons. The summed E-state index contributed by atoms with van der Waals surface area (Å²) < 4.78 is 0. The minimum absolute atomic E-state index is 0.0288. The van der Waals surface area contributed by atoms with Gasteiger partial charge in [-0.25, -0.2) is 0 Å². The van der Waals surface area contributed by atoms with E-state index in [1.165, 1.54) is 18.4 Å². The lowest BCUT2D eigenvalue weighted by Gasteiger charge is -2.18. The highest BCUT2D eigenvalue weighted by Crippen LogP contribution is 2.50. The first-order chi connectivity index (χ1) is 12.1. The summed E-state index contributed by atoms with van der Waals surface area (Å²) in [6.45, 7) is 0.0288. The van der Waals surface area contributed by atoms with Gasteiger partial charge in [0.2, 0.25) is 0 Å². The Morgan fingerprint density at radius 1 is 1.24 bits per heavy atom. The monoisotopic (exact) mass is 348 g/mol. The van der Waals surface area contributed by atoms with E-state index in [9.17, 15) is 15.0 Å². The van der Waals surface area contributed by atoms with Crippen molar-refractivity contribution in [2.24, 2.45) is 29.6 Å². The summed E-state index contributed by atoms with van der Waals surface area (Å²) in [4.78, 5) is 11.6. The number of carbonyl (C=O) groups is 1. The largest absolute Gasteiger partial charge is 0.481 e. The quantitative estimate of drug-likeness (QED) is 0.615. The van der Waals surface area contributed by atoms with E-state index in [4.69, 9.17) is 5.11 Å². The Bertz CT molecular complexity index is 518. The maximum Gasteiger partial charge on any atom is 0.306 e. The standard InChI is InChI=1S/C21H32O4/c22-10-4-9-18-19-12-14(11-16(19)13-20(18)23)5-3-8-17(21(24)25)15-6-1-2-7-15/h4-5,9,15-20,22-23H,1-3,6-8,10-13H2,(H,24,25)/t16-,17?,18-,19+,20-/m1/s1. The Morgan fingerprint density at radius 2 is 2.00 bits per heavy atom. The number of aliphatic carboxylic acids is 1. The molecule has 5 atom stereocenters. The minimum Gasteiger partial charge on any atom is -0.481 e. The van der Waals surface area contributed by atoms with Gasteiger partial charge in [-0.1, -0.05) is 36.6 Å². The number of allylic oxidation sites excluding steroid dienone is 2. The van der Waals surface area contributed by atoms with Gasteiger partial charge in [0.05, 0.1) is 18.6 Å². The molecule has 3 aliphatic carbocycles. The Hall–Kier alpha value is -1.13. The normalized spacial score (nSPS) is 35.7. The summed E-state index contributed by atoms with van der Waals surface area (Å²) in [6.07, 6.45) is 14.8. The molecule has 4 heteroatoms. The molecule has 0 spiro atoms. The zero-order valence-electron chi connectivity index (χ0n) is 15.0. The van der Waals surface area contributed by atoms with Gasteiger partial charge in [0.15, 0.2) is 0 Å². The first kappa shape index (κ1) is 18.7. The average molecular weight is 348 g/mol. The van der Waals surface area contributed by atoms with Crippen LogP contribution in [0.15, 0.2) is 23.8 Å². The van der Waals surface area contributed by atoms with Gasteiger partial charge in [0, 0.05) is 5.92 Å². The molecule has 0 aromatic carbocycles. The molecule has 3 N–H and O–H groups in total. The van der Waals surface area contributed by atoms with Crippen LogP contribution in [0.25, 0.3) is 0 Å². The van der Waals surface area contributed by atoms with Gasteiger partial charge in [-0.15, -0.1) is 0 Å². The van der Waals surface area contributed by atoms with Crippen molar-refractivity contribution in [1.82, 2.24) is 0 Å². The van der Waals surface area contributed by atoms with Gasteiger partial charge < -0.3 is 15.3 Å². The molecular formula is C21H32O4. The fourth-order valence-electron chi connectivity index (χ4n) is 5.55. The highest BCUT2D eigenvalue weighted by Gasteiger charge is 2.44.